The van der Waals surface area contributed by atoms with Gasteiger partial charge in [0.1, 0.15) is 11.3 Å². The van der Waals surface area contributed by atoms with Gasteiger partial charge in [0.25, 0.3) is 0 Å². The molecule has 1 N–H and O–H groups in total. The van der Waals surface area contributed by atoms with E-state index in [2.05, 4.69) is 10.3 Å². The van der Waals surface area contributed by atoms with Gasteiger partial charge in [-0.2, -0.15) is 0 Å². The second kappa shape index (κ2) is 7.01. The van der Waals surface area contributed by atoms with Crippen LogP contribution in [0.15, 0.2) is 36.4 Å². The van der Waals surface area contributed by atoms with Crippen molar-refractivity contribution in [3.05, 3.63) is 53.1 Å². The summed E-state index contributed by atoms with van der Waals surface area (Å²) in [5.74, 6) is 0.848. The standard InChI is InChI=1S/C19H20N2O2S/c1-4-23-16-6-5-7-17-18(16)21-19(24-17)20-11-15(22)14-10-12(2)8-9-13(14)3/h5-10H,4,11H2,1-3H3,(H,20,21). The van der Waals surface area contributed by atoms with E-state index in [9.17, 15) is 4.79 Å². The van der Waals surface area contributed by atoms with E-state index >= 15 is 0 Å². The summed E-state index contributed by atoms with van der Waals surface area (Å²) >= 11 is 1.53. The molecule has 3 aromatic rings. The van der Waals surface area contributed by atoms with E-state index in [4.69, 9.17) is 4.74 Å². The molecule has 0 bridgehead atoms. The molecule has 0 fully saturated rings. The van der Waals surface area contributed by atoms with Crippen molar-refractivity contribution in [1.82, 2.24) is 4.98 Å². The molecule has 0 aliphatic carbocycles. The molecule has 124 valence electrons. The Labute approximate surface area is 145 Å². The van der Waals surface area contributed by atoms with Gasteiger partial charge >= 0.3 is 0 Å². The number of nitrogens with zero attached hydrogens (tertiary/aromatic N) is 1. The predicted molar refractivity (Wildman–Crippen MR) is 99.5 cm³/mol. The third-order valence-electron chi connectivity index (χ3n) is 3.78. The van der Waals surface area contributed by atoms with E-state index in [1.54, 1.807) is 0 Å². The summed E-state index contributed by atoms with van der Waals surface area (Å²) in [7, 11) is 0. The number of para-hydroxylation sites is 1. The highest BCUT2D eigenvalue weighted by atomic mass is 32.1. The van der Waals surface area contributed by atoms with Gasteiger partial charge in [-0.3, -0.25) is 4.79 Å². The van der Waals surface area contributed by atoms with Gasteiger partial charge in [-0.05, 0) is 44.5 Å². The van der Waals surface area contributed by atoms with E-state index < -0.39 is 0 Å². The van der Waals surface area contributed by atoms with Crippen molar-refractivity contribution in [1.29, 1.82) is 0 Å². The van der Waals surface area contributed by atoms with E-state index in [0.717, 1.165) is 37.8 Å². The van der Waals surface area contributed by atoms with Gasteiger partial charge in [0.15, 0.2) is 10.9 Å². The van der Waals surface area contributed by atoms with Crippen LogP contribution in [0.2, 0.25) is 0 Å². The van der Waals surface area contributed by atoms with Gasteiger partial charge in [0.05, 0.1) is 17.9 Å². The molecular weight excluding hydrogens is 320 g/mol. The van der Waals surface area contributed by atoms with Crippen LogP contribution in [-0.4, -0.2) is 23.9 Å². The summed E-state index contributed by atoms with van der Waals surface area (Å²) in [4.78, 5) is 17.0. The van der Waals surface area contributed by atoms with E-state index in [1.807, 2.05) is 57.2 Å². The maximum absolute atomic E-state index is 12.5. The fourth-order valence-corrected chi connectivity index (χ4v) is 3.44. The van der Waals surface area contributed by atoms with Gasteiger partial charge < -0.3 is 10.1 Å². The molecule has 2 aromatic carbocycles. The number of hydrogen-bond donors (Lipinski definition) is 1. The van der Waals surface area contributed by atoms with Crippen LogP contribution in [0, 0.1) is 13.8 Å². The number of carbonyl (C=O) groups is 1. The zero-order valence-electron chi connectivity index (χ0n) is 14.1. The summed E-state index contributed by atoms with van der Waals surface area (Å²) < 4.78 is 6.65. The van der Waals surface area contributed by atoms with Crippen molar-refractivity contribution in [2.45, 2.75) is 20.8 Å². The number of aromatic nitrogens is 1. The average Bonchev–Trinajstić information content (AvgIpc) is 2.99. The smallest absolute Gasteiger partial charge is 0.184 e. The van der Waals surface area contributed by atoms with Gasteiger partial charge in [0, 0.05) is 5.56 Å². The van der Waals surface area contributed by atoms with Gasteiger partial charge in [-0.15, -0.1) is 0 Å². The number of ether oxygens (including phenoxy) is 1. The minimum absolute atomic E-state index is 0.0699. The lowest BCUT2D eigenvalue weighted by molar-refractivity contribution is 0.101. The summed E-state index contributed by atoms with van der Waals surface area (Å²) in [6.45, 7) is 6.73. The van der Waals surface area contributed by atoms with Crippen molar-refractivity contribution < 1.29 is 9.53 Å². The normalized spacial score (nSPS) is 10.8. The molecule has 1 heterocycles. The molecule has 0 saturated carbocycles. The van der Waals surface area contributed by atoms with Crippen LogP contribution in [0.3, 0.4) is 0 Å². The second-order valence-electron chi connectivity index (χ2n) is 5.65. The molecule has 5 heteroatoms. The Balaban J connectivity index is 1.77. The number of Topliss-reactive ketones (excluding diaryl/α,β-unsaturated/α-hetero) is 1. The number of hydrogen-bond acceptors (Lipinski definition) is 5. The van der Waals surface area contributed by atoms with Crippen molar-refractivity contribution >= 4 is 32.5 Å². The number of thiazole rings is 1. The van der Waals surface area contributed by atoms with Gasteiger partial charge in [-0.1, -0.05) is 35.1 Å². The first kappa shape index (κ1) is 16.5. The molecule has 0 amide bonds. The van der Waals surface area contributed by atoms with Crippen LogP contribution in [0.5, 0.6) is 5.75 Å². The van der Waals surface area contributed by atoms with Crippen LogP contribution < -0.4 is 10.1 Å². The molecule has 4 nitrogen and oxygen atoms in total. The number of rotatable bonds is 6. The highest BCUT2D eigenvalue weighted by Gasteiger charge is 2.12. The lowest BCUT2D eigenvalue weighted by atomic mass is 10.0. The van der Waals surface area contributed by atoms with E-state index in [-0.39, 0.29) is 12.3 Å². The molecule has 1 aromatic heterocycles. The molecule has 0 aliphatic heterocycles. The maximum atomic E-state index is 12.5. The number of benzene rings is 2. The first-order valence-corrected chi connectivity index (χ1v) is 8.77. The summed E-state index contributed by atoms with van der Waals surface area (Å²) in [6, 6.07) is 11.8. The Hall–Kier alpha value is -2.40. The fourth-order valence-electron chi connectivity index (χ4n) is 2.56. The van der Waals surface area contributed by atoms with Crippen LogP contribution in [0.4, 0.5) is 5.13 Å². The SMILES string of the molecule is CCOc1cccc2sc(NCC(=O)c3cc(C)ccc3C)nc12. The Morgan fingerprint density at radius 3 is 2.88 bits per heavy atom. The lowest BCUT2D eigenvalue weighted by Crippen LogP contribution is -2.15. The van der Waals surface area contributed by atoms with Crippen LogP contribution in [-0.2, 0) is 0 Å². The molecule has 3 rings (SSSR count). The van der Waals surface area contributed by atoms with Crippen LogP contribution in [0.25, 0.3) is 10.2 Å². The Morgan fingerprint density at radius 1 is 1.25 bits per heavy atom. The molecule has 0 saturated heterocycles. The maximum Gasteiger partial charge on any atom is 0.184 e. The third kappa shape index (κ3) is 3.41. The first-order valence-electron chi connectivity index (χ1n) is 7.95. The predicted octanol–water partition coefficient (Wildman–Crippen LogP) is 4.61. The van der Waals surface area contributed by atoms with E-state index in [1.165, 1.54) is 11.3 Å². The summed E-state index contributed by atoms with van der Waals surface area (Å²) in [5, 5.41) is 3.88. The molecule has 0 spiro atoms. The van der Waals surface area contributed by atoms with Gasteiger partial charge in [0.2, 0.25) is 0 Å². The Morgan fingerprint density at radius 2 is 2.08 bits per heavy atom. The van der Waals surface area contributed by atoms with Crippen molar-refractivity contribution in [2.24, 2.45) is 0 Å². The summed E-state index contributed by atoms with van der Waals surface area (Å²) in [6.07, 6.45) is 0. The van der Waals surface area contributed by atoms with Crippen molar-refractivity contribution in [3.63, 3.8) is 0 Å². The molecule has 0 unspecified atom stereocenters. The number of fused-ring (bicyclic) bond motifs is 1. The highest BCUT2D eigenvalue weighted by molar-refractivity contribution is 7.22. The Bertz CT molecular complexity index is 886. The number of anilines is 1. The fraction of sp³-hybridized carbons (Fsp3) is 0.263. The zero-order valence-corrected chi connectivity index (χ0v) is 14.9. The third-order valence-corrected chi connectivity index (χ3v) is 4.75. The number of ketones is 1. The number of nitrogens with one attached hydrogen (secondary N) is 1. The molecular formula is C19H20N2O2S. The average molecular weight is 340 g/mol. The second-order valence-corrected chi connectivity index (χ2v) is 6.68. The zero-order chi connectivity index (χ0) is 17.1. The van der Waals surface area contributed by atoms with E-state index in [0.29, 0.717) is 6.61 Å². The van der Waals surface area contributed by atoms with Gasteiger partial charge in [-0.25, -0.2) is 4.98 Å². The molecule has 0 radical (unpaired) electrons. The summed E-state index contributed by atoms with van der Waals surface area (Å²) in [5.41, 5.74) is 3.69. The van der Waals surface area contributed by atoms with Crippen molar-refractivity contribution in [2.75, 3.05) is 18.5 Å². The molecule has 24 heavy (non-hydrogen) atoms. The minimum atomic E-state index is 0.0699. The quantitative estimate of drug-likeness (QED) is 0.666. The van der Waals surface area contributed by atoms with Crippen LogP contribution in [0.1, 0.15) is 28.4 Å². The van der Waals surface area contributed by atoms with Crippen LogP contribution >= 0.6 is 11.3 Å². The highest BCUT2D eigenvalue weighted by Crippen LogP contribution is 2.32. The molecule has 0 atom stereocenters. The Kier molecular flexibility index (Phi) is 4.81. The topological polar surface area (TPSA) is 51.2 Å². The minimum Gasteiger partial charge on any atom is -0.492 e. The lowest BCUT2D eigenvalue weighted by Gasteiger charge is -2.06. The van der Waals surface area contributed by atoms with Crippen molar-refractivity contribution in [3.8, 4) is 5.75 Å². The molecule has 0 aliphatic rings. The number of carbonyl (C=O) groups excluding carboxylic acids is 1. The first-order chi connectivity index (χ1) is 11.6. The monoisotopic (exact) mass is 340 g/mol. The largest absolute Gasteiger partial charge is 0.492 e. The number of aryl methyl sites for hydroxylation is 2.